The molecule has 0 saturated heterocycles. The summed E-state index contributed by atoms with van der Waals surface area (Å²) in [6, 6.07) is -0.0887. The minimum atomic E-state index is -5.48. The summed E-state index contributed by atoms with van der Waals surface area (Å²) in [6.45, 7) is 0. The van der Waals surface area contributed by atoms with Crippen LogP contribution in [0.4, 0.5) is 32.0 Å². The van der Waals surface area contributed by atoms with Crippen molar-refractivity contribution in [2.24, 2.45) is 0 Å². The van der Waals surface area contributed by atoms with E-state index < -0.39 is 62.0 Å². The third-order valence-corrected chi connectivity index (χ3v) is 4.94. The minimum absolute atomic E-state index is 0.326. The Bertz CT molecular complexity index is 1100. The van der Waals surface area contributed by atoms with Crippen LogP contribution in [0, 0.1) is 17.5 Å². The molecule has 0 aromatic heterocycles. The Labute approximate surface area is 164 Å². The van der Waals surface area contributed by atoms with Crippen LogP contribution in [-0.4, -0.2) is 37.6 Å². The lowest BCUT2D eigenvalue weighted by Gasteiger charge is -2.18. The topological polar surface area (TPSA) is 113 Å². The largest absolute Gasteiger partial charge is 0.480 e. The molecule has 2 rings (SSSR count). The molecule has 0 spiro atoms. The number of rotatable bonds is 6. The van der Waals surface area contributed by atoms with Gasteiger partial charge in [0.2, 0.25) is 16.1 Å². The Morgan fingerprint density at radius 1 is 0.933 bits per heavy atom. The first-order valence-electron chi connectivity index (χ1n) is 7.60. The summed E-state index contributed by atoms with van der Waals surface area (Å²) < 4.78 is 103. The molecule has 0 radical (unpaired) electrons. The van der Waals surface area contributed by atoms with Gasteiger partial charge in [-0.05, 0) is 30.3 Å². The molecule has 0 aliphatic rings. The van der Waals surface area contributed by atoms with Gasteiger partial charge >= 0.3 is 12.1 Å². The predicted molar refractivity (Wildman–Crippen MR) is 88.5 cm³/mol. The molecule has 0 bridgehead atoms. The molecule has 0 aliphatic carbocycles. The number of hydrogen-bond donors (Lipinski definition) is 3. The van der Waals surface area contributed by atoms with E-state index in [0.29, 0.717) is 30.3 Å². The Balaban J connectivity index is 2.36. The van der Waals surface area contributed by atoms with Gasteiger partial charge in [0.1, 0.15) is 5.82 Å². The third kappa shape index (κ3) is 5.27. The fourth-order valence-electron chi connectivity index (χ4n) is 2.10. The lowest BCUT2D eigenvalue weighted by atomic mass is 10.2. The molecule has 1 unspecified atom stereocenters. The molecular weight excluding hydrogens is 446 g/mol. The van der Waals surface area contributed by atoms with Gasteiger partial charge in [0.15, 0.2) is 11.6 Å². The second kappa shape index (κ2) is 8.31. The van der Waals surface area contributed by atoms with Crippen molar-refractivity contribution < 1.29 is 49.5 Å². The molecule has 3 N–H and O–H groups in total. The van der Waals surface area contributed by atoms with Crippen LogP contribution in [0.5, 0.6) is 0 Å². The standard InChI is InChI=1S/C16H10F6N2O5S/c17-10-4-2-8(30(28,29)24-13(15(26)27)16(20,21)22)6-9(10)14(25)23-7-1-3-11(18)12(19)5-7/h1-6,13,24H,(H,23,25)(H,26,27). The number of anilines is 1. The van der Waals surface area contributed by atoms with Crippen molar-refractivity contribution in [1.29, 1.82) is 0 Å². The molecule has 14 heteroatoms. The van der Waals surface area contributed by atoms with E-state index >= 15 is 0 Å². The average molecular weight is 456 g/mol. The molecule has 162 valence electrons. The SMILES string of the molecule is O=C(Nc1ccc(F)c(F)c1)c1cc(S(=O)(=O)NC(C(=O)O)C(F)(F)F)ccc1F. The first-order valence-corrected chi connectivity index (χ1v) is 9.08. The van der Waals surface area contributed by atoms with Gasteiger partial charge in [-0.2, -0.15) is 17.9 Å². The van der Waals surface area contributed by atoms with Crippen molar-refractivity contribution in [2.45, 2.75) is 17.1 Å². The highest BCUT2D eigenvalue weighted by atomic mass is 32.2. The zero-order valence-corrected chi connectivity index (χ0v) is 15.1. The monoisotopic (exact) mass is 456 g/mol. The average Bonchev–Trinajstić information content (AvgIpc) is 2.62. The van der Waals surface area contributed by atoms with Crippen molar-refractivity contribution in [2.75, 3.05) is 5.32 Å². The minimum Gasteiger partial charge on any atom is -0.480 e. The fraction of sp³-hybridized carbons (Fsp3) is 0.125. The van der Waals surface area contributed by atoms with Crippen LogP contribution in [-0.2, 0) is 14.8 Å². The number of carboxylic acids is 1. The normalized spacial score (nSPS) is 13.0. The Kier molecular flexibility index (Phi) is 6.42. The fourth-order valence-corrected chi connectivity index (χ4v) is 3.30. The smallest absolute Gasteiger partial charge is 0.415 e. The molecule has 1 amide bonds. The van der Waals surface area contributed by atoms with Crippen LogP contribution in [0.1, 0.15) is 10.4 Å². The van der Waals surface area contributed by atoms with Gasteiger partial charge in [-0.15, -0.1) is 0 Å². The van der Waals surface area contributed by atoms with Crippen molar-refractivity contribution in [1.82, 2.24) is 4.72 Å². The Morgan fingerprint density at radius 2 is 1.53 bits per heavy atom. The Hall–Kier alpha value is -3.13. The molecule has 0 saturated carbocycles. The maximum atomic E-state index is 14.0. The van der Waals surface area contributed by atoms with Crippen LogP contribution >= 0.6 is 0 Å². The number of alkyl halides is 3. The van der Waals surface area contributed by atoms with Gasteiger partial charge in [-0.1, -0.05) is 0 Å². The van der Waals surface area contributed by atoms with Crippen LogP contribution < -0.4 is 10.0 Å². The molecule has 2 aromatic carbocycles. The number of hydrogen-bond acceptors (Lipinski definition) is 4. The van der Waals surface area contributed by atoms with E-state index in [9.17, 15) is 44.3 Å². The van der Waals surface area contributed by atoms with Crippen molar-refractivity contribution >= 4 is 27.6 Å². The van der Waals surface area contributed by atoms with E-state index in [2.05, 4.69) is 0 Å². The molecule has 0 aliphatic heterocycles. The molecule has 30 heavy (non-hydrogen) atoms. The Morgan fingerprint density at radius 3 is 2.07 bits per heavy atom. The summed E-state index contributed by atoms with van der Waals surface area (Å²) in [5, 5.41) is 10.5. The van der Waals surface area contributed by atoms with Crippen LogP contribution in [0.3, 0.4) is 0 Å². The van der Waals surface area contributed by atoms with E-state index in [1.54, 1.807) is 0 Å². The molecule has 7 nitrogen and oxygen atoms in total. The summed E-state index contributed by atoms with van der Waals surface area (Å²) in [6.07, 6.45) is -5.48. The molecule has 0 fully saturated rings. The van der Waals surface area contributed by atoms with Gasteiger partial charge in [0.05, 0.1) is 10.5 Å². The zero-order chi connectivity index (χ0) is 22.9. The molecular formula is C16H10F6N2O5S. The third-order valence-electron chi connectivity index (χ3n) is 3.52. The molecule has 0 heterocycles. The van der Waals surface area contributed by atoms with Crippen molar-refractivity contribution in [3.8, 4) is 0 Å². The van der Waals surface area contributed by atoms with E-state index in [1.807, 2.05) is 5.32 Å². The highest BCUT2D eigenvalue weighted by Gasteiger charge is 2.47. The lowest BCUT2D eigenvalue weighted by Crippen LogP contribution is -2.50. The van der Waals surface area contributed by atoms with Crippen molar-refractivity contribution in [3.05, 3.63) is 59.4 Å². The highest BCUT2D eigenvalue weighted by Crippen LogP contribution is 2.24. The summed E-state index contributed by atoms with van der Waals surface area (Å²) in [5.74, 6) is -7.75. The van der Waals surface area contributed by atoms with Crippen molar-refractivity contribution in [3.63, 3.8) is 0 Å². The zero-order valence-electron chi connectivity index (χ0n) is 14.3. The van der Waals surface area contributed by atoms with Gasteiger partial charge in [0.25, 0.3) is 5.91 Å². The van der Waals surface area contributed by atoms with Crippen LogP contribution in [0.15, 0.2) is 41.3 Å². The summed E-state index contributed by atoms with van der Waals surface area (Å²) in [4.78, 5) is 21.8. The second-order valence-corrected chi connectivity index (χ2v) is 7.37. The summed E-state index contributed by atoms with van der Waals surface area (Å²) in [7, 11) is -5.15. The van der Waals surface area contributed by atoms with E-state index in [4.69, 9.17) is 5.11 Å². The summed E-state index contributed by atoms with van der Waals surface area (Å²) >= 11 is 0. The summed E-state index contributed by atoms with van der Waals surface area (Å²) in [5.41, 5.74) is -1.30. The van der Waals surface area contributed by atoms with Gasteiger partial charge in [0, 0.05) is 11.8 Å². The van der Waals surface area contributed by atoms with E-state index in [0.717, 1.165) is 10.8 Å². The number of nitrogens with one attached hydrogen (secondary N) is 2. The van der Waals surface area contributed by atoms with Crippen LogP contribution in [0.2, 0.25) is 0 Å². The van der Waals surface area contributed by atoms with Gasteiger partial charge < -0.3 is 10.4 Å². The number of amides is 1. The number of carbonyl (C=O) groups is 2. The maximum Gasteiger partial charge on any atom is 0.415 e. The first kappa shape index (κ1) is 23.2. The predicted octanol–water partition coefficient (Wildman–Crippen LogP) is 2.65. The van der Waals surface area contributed by atoms with Crippen LogP contribution in [0.25, 0.3) is 0 Å². The van der Waals surface area contributed by atoms with Gasteiger partial charge in [-0.3, -0.25) is 9.59 Å². The quantitative estimate of drug-likeness (QED) is 0.579. The number of halogens is 6. The number of carboxylic acid groups (broad SMARTS) is 1. The molecule has 2 aromatic rings. The number of sulfonamides is 1. The first-order chi connectivity index (χ1) is 13.7. The number of carbonyl (C=O) groups excluding carboxylic acids is 1. The molecule has 1 atom stereocenters. The van der Waals surface area contributed by atoms with Gasteiger partial charge in [-0.25, -0.2) is 21.6 Å². The highest BCUT2D eigenvalue weighted by molar-refractivity contribution is 7.89. The van der Waals surface area contributed by atoms with E-state index in [-0.39, 0.29) is 5.69 Å². The number of aliphatic carboxylic acids is 1. The number of benzene rings is 2. The lowest BCUT2D eigenvalue weighted by molar-refractivity contribution is -0.177. The maximum absolute atomic E-state index is 14.0. The second-order valence-electron chi connectivity index (χ2n) is 5.66. The van der Waals surface area contributed by atoms with E-state index in [1.165, 1.54) is 0 Å².